The summed E-state index contributed by atoms with van der Waals surface area (Å²) in [6, 6.07) is 9.45. The first kappa shape index (κ1) is 20.6. The predicted molar refractivity (Wildman–Crippen MR) is 114 cm³/mol. The minimum Gasteiger partial charge on any atom is -0.493 e. The number of esters is 1. The molecule has 1 aliphatic heterocycles. The van der Waals surface area contributed by atoms with E-state index in [1.165, 1.54) is 12.0 Å². The monoisotopic (exact) mass is 414 g/mol. The van der Waals surface area contributed by atoms with Crippen LogP contribution in [0, 0.1) is 0 Å². The third-order valence-electron chi connectivity index (χ3n) is 4.37. The summed E-state index contributed by atoms with van der Waals surface area (Å²) in [4.78, 5) is 25.5. The average molecular weight is 414 g/mol. The van der Waals surface area contributed by atoms with Crippen LogP contribution in [-0.4, -0.2) is 48.8 Å². The van der Waals surface area contributed by atoms with E-state index in [1.807, 2.05) is 44.2 Å². The van der Waals surface area contributed by atoms with Crippen molar-refractivity contribution in [1.29, 1.82) is 0 Å². The normalized spacial score (nSPS) is 15.0. The molecule has 152 valence electrons. The molecule has 0 aliphatic carbocycles. The molecule has 29 heavy (non-hydrogen) atoms. The van der Waals surface area contributed by atoms with E-state index in [4.69, 9.17) is 21.7 Å². The number of hydrogen-bond donors (Lipinski definition) is 1. The quantitative estimate of drug-likeness (QED) is 0.424. The van der Waals surface area contributed by atoms with Gasteiger partial charge in [-0.05, 0) is 49.8 Å². The molecule has 0 aromatic heterocycles. The zero-order valence-corrected chi connectivity index (χ0v) is 17.3. The number of amides is 1. The molecule has 1 N–H and O–H groups in total. The van der Waals surface area contributed by atoms with E-state index in [0.29, 0.717) is 19.0 Å². The maximum Gasteiger partial charge on any atom is 0.325 e. The van der Waals surface area contributed by atoms with Crippen molar-refractivity contribution in [2.75, 3.05) is 26.9 Å². The Bertz CT molecular complexity index is 1000. The molecule has 0 spiro atoms. The van der Waals surface area contributed by atoms with Crippen LogP contribution in [0.1, 0.15) is 19.4 Å². The summed E-state index contributed by atoms with van der Waals surface area (Å²) in [6.45, 7) is 4.63. The van der Waals surface area contributed by atoms with E-state index in [-0.39, 0.29) is 17.4 Å². The van der Waals surface area contributed by atoms with Gasteiger partial charge in [-0.1, -0.05) is 18.2 Å². The van der Waals surface area contributed by atoms with Crippen LogP contribution in [0.4, 0.5) is 0 Å². The predicted octanol–water partition coefficient (Wildman–Crippen LogP) is 2.87. The smallest absolute Gasteiger partial charge is 0.325 e. The molecule has 1 fully saturated rings. The van der Waals surface area contributed by atoms with Crippen LogP contribution in [0.25, 0.3) is 16.8 Å². The fraction of sp³-hybridized carbons (Fsp3) is 0.286. The van der Waals surface area contributed by atoms with Gasteiger partial charge in [-0.15, -0.1) is 0 Å². The van der Waals surface area contributed by atoms with Gasteiger partial charge in [0.1, 0.15) is 23.7 Å². The molecule has 0 unspecified atom stereocenters. The molecule has 1 heterocycles. The molecule has 2 aromatic carbocycles. The van der Waals surface area contributed by atoms with Gasteiger partial charge in [-0.3, -0.25) is 14.5 Å². The van der Waals surface area contributed by atoms with Crippen LogP contribution in [0.15, 0.2) is 36.0 Å². The van der Waals surface area contributed by atoms with E-state index in [0.717, 1.165) is 22.1 Å². The Balaban J connectivity index is 2.08. The summed E-state index contributed by atoms with van der Waals surface area (Å²) in [6.07, 6.45) is 1.70. The Kier molecular flexibility index (Phi) is 6.33. The maximum absolute atomic E-state index is 12.7. The SMILES string of the molecule is CCOc1ccc(/C=C2\NC(=S)N(CC(=O)OC)C2=O)c2c(OCC)cccc12. The highest BCUT2D eigenvalue weighted by atomic mass is 32.1. The number of ether oxygens (including phenoxy) is 3. The van der Waals surface area contributed by atoms with E-state index < -0.39 is 11.9 Å². The summed E-state index contributed by atoms with van der Waals surface area (Å²) >= 11 is 5.20. The van der Waals surface area contributed by atoms with E-state index >= 15 is 0 Å². The Morgan fingerprint density at radius 1 is 1.14 bits per heavy atom. The van der Waals surface area contributed by atoms with Crippen molar-refractivity contribution in [1.82, 2.24) is 10.2 Å². The molecular weight excluding hydrogens is 392 g/mol. The first-order chi connectivity index (χ1) is 14.0. The third-order valence-corrected chi connectivity index (χ3v) is 4.69. The van der Waals surface area contributed by atoms with Crippen molar-refractivity contribution in [2.45, 2.75) is 13.8 Å². The molecule has 1 aliphatic rings. The number of methoxy groups -OCH3 is 1. The fourth-order valence-electron chi connectivity index (χ4n) is 3.11. The Morgan fingerprint density at radius 2 is 1.86 bits per heavy atom. The summed E-state index contributed by atoms with van der Waals surface area (Å²) in [5.74, 6) is 0.489. The zero-order chi connectivity index (χ0) is 21.0. The molecule has 0 bridgehead atoms. The van der Waals surface area contributed by atoms with Gasteiger partial charge in [-0.2, -0.15) is 0 Å². The maximum atomic E-state index is 12.7. The number of carbonyl (C=O) groups excluding carboxylic acids is 2. The van der Waals surface area contributed by atoms with Gasteiger partial charge in [0.2, 0.25) is 0 Å². The van der Waals surface area contributed by atoms with Crippen molar-refractivity contribution >= 4 is 46.1 Å². The second kappa shape index (κ2) is 8.91. The molecule has 0 saturated carbocycles. The molecule has 0 radical (unpaired) electrons. The van der Waals surface area contributed by atoms with E-state index in [2.05, 4.69) is 10.1 Å². The highest BCUT2D eigenvalue weighted by Crippen LogP contribution is 2.36. The van der Waals surface area contributed by atoms with Gasteiger partial charge in [0, 0.05) is 10.8 Å². The first-order valence-electron chi connectivity index (χ1n) is 9.22. The van der Waals surface area contributed by atoms with Crippen LogP contribution < -0.4 is 14.8 Å². The zero-order valence-electron chi connectivity index (χ0n) is 16.5. The van der Waals surface area contributed by atoms with Crippen molar-refractivity contribution in [3.8, 4) is 11.5 Å². The number of benzene rings is 2. The fourth-order valence-corrected chi connectivity index (χ4v) is 3.37. The topological polar surface area (TPSA) is 77.1 Å². The molecule has 1 amide bonds. The molecule has 0 atom stereocenters. The number of thiocarbonyl (C=S) groups is 1. The highest BCUT2D eigenvalue weighted by molar-refractivity contribution is 7.80. The van der Waals surface area contributed by atoms with E-state index in [9.17, 15) is 9.59 Å². The molecule has 2 aromatic rings. The van der Waals surface area contributed by atoms with Gasteiger partial charge in [0.05, 0.1) is 20.3 Å². The number of nitrogens with zero attached hydrogens (tertiary/aromatic N) is 1. The van der Waals surface area contributed by atoms with Crippen LogP contribution in [0.2, 0.25) is 0 Å². The Morgan fingerprint density at radius 3 is 2.55 bits per heavy atom. The summed E-state index contributed by atoms with van der Waals surface area (Å²) < 4.78 is 16.2. The lowest BCUT2D eigenvalue weighted by molar-refractivity contribution is -0.143. The molecular formula is C21H22N2O5S. The van der Waals surface area contributed by atoms with Gasteiger partial charge in [-0.25, -0.2) is 0 Å². The number of fused-ring (bicyclic) bond motifs is 1. The van der Waals surface area contributed by atoms with Gasteiger partial charge >= 0.3 is 5.97 Å². The number of hydrogen-bond acceptors (Lipinski definition) is 6. The van der Waals surface area contributed by atoms with Gasteiger partial charge in [0.15, 0.2) is 5.11 Å². The van der Waals surface area contributed by atoms with Gasteiger partial charge < -0.3 is 19.5 Å². The second-order valence-corrected chi connectivity index (χ2v) is 6.54. The second-order valence-electron chi connectivity index (χ2n) is 6.15. The van der Waals surface area contributed by atoms with Crippen LogP contribution in [-0.2, 0) is 14.3 Å². The minimum absolute atomic E-state index is 0.159. The lowest BCUT2D eigenvalue weighted by Gasteiger charge is -2.14. The van der Waals surface area contributed by atoms with Crippen molar-refractivity contribution < 1.29 is 23.8 Å². The highest BCUT2D eigenvalue weighted by Gasteiger charge is 2.32. The Labute approximate surface area is 174 Å². The lowest BCUT2D eigenvalue weighted by Crippen LogP contribution is -2.35. The van der Waals surface area contributed by atoms with Gasteiger partial charge in [0.25, 0.3) is 5.91 Å². The number of nitrogens with one attached hydrogen (secondary N) is 1. The molecule has 1 saturated heterocycles. The van der Waals surface area contributed by atoms with Crippen LogP contribution in [0.3, 0.4) is 0 Å². The molecule has 7 nitrogen and oxygen atoms in total. The van der Waals surface area contributed by atoms with Crippen molar-refractivity contribution in [2.24, 2.45) is 0 Å². The third kappa shape index (κ3) is 4.17. The minimum atomic E-state index is -0.547. The summed E-state index contributed by atoms with van der Waals surface area (Å²) in [7, 11) is 1.26. The van der Waals surface area contributed by atoms with Crippen molar-refractivity contribution in [3.05, 3.63) is 41.6 Å². The standard InChI is InChI=1S/C21H22N2O5S/c1-4-27-16-10-9-13(19-14(16)7-6-8-17(19)28-5-2)11-15-20(25)23(21(29)22-15)12-18(24)26-3/h6-11H,4-5,12H2,1-3H3,(H,22,29)/b15-11-. The average Bonchev–Trinajstić information content (AvgIpc) is 2.97. The van der Waals surface area contributed by atoms with Crippen molar-refractivity contribution in [3.63, 3.8) is 0 Å². The first-order valence-corrected chi connectivity index (χ1v) is 9.63. The summed E-state index contributed by atoms with van der Waals surface area (Å²) in [5, 5.41) is 4.75. The lowest BCUT2D eigenvalue weighted by atomic mass is 10.0. The van der Waals surface area contributed by atoms with Crippen LogP contribution >= 0.6 is 12.2 Å². The number of rotatable bonds is 7. The Hall–Kier alpha value is -3.13. The largest absolute Gasteiger partial charge is 0.493 e. The molecule has 8 heteroatoms. The van der Waals surface area contributed by atoms with Crippen LogP contribution in [0.5, 0.6) is 11.5 Å². The van der Waals surface area contributed by atoms with E-state index in [1.54, 1.807) is 6.08 Å². The number of carbonyl (C=O) groups is 2. The summed E-state index contributed by atoms with van der Waals surface area (Å²) in [5.41, 5.74) is 1.04. The molecule has 3 rings (SSSR count).